The van der Waals surface area contributed by atoms with Crippen LogP contribution in [0.5, 0.6) is 0 Å². The SMILES string of the molecule is CCCC(=O)N1CCCCC1C(=O)N1CCC2(CCNC2)CC1.Cl. The second kappa shape index (κ2) is 8.52. The van der Waals surface area contributed by atoms with Crippen molar-refractivity contribution in [1.29, 1.82) is 0 Å². The molecular formula is C18H32ClN3O2. The number of nitrogens with one attached hydrogen (secondary N) is 1. The van der Waals surface area contributed by atoms with Crippen molar-refractivity contribution < 1.29 is 9.59 Å². The highest BCUT2D eigenvalue weighted by molar-refractivity contribution is 5.88. The zero-order valence-corrected chi connectivity index (χ0v) is 15.7. The lowest BCUT2D eigenvalue weighted by molar-refractivity contribution is -0.149. The van der Waals surface area contributed by atoms with E-state index in [2.05, 4.69) is 5.32 Å². The third-order valence-corrected chi connectivity index (χ3v) is 6.04. The van der Waals surface area contributed by atoms with Gasteiger partial charge in [-0.25, -0.2) is 0 Å². The van der Waals surface area contributed by atoms with Crippen LogP contribution in [-0.4, -0.2) is 60.4 Å². The summed E-state index contributed by atoms with van der Waals surface area (Å²) < 4.78 is 0. The topological polar surface area (TPSA) is 52.7 Å². The molecule has 1 unspecified atom stereocenters. The van der Waals surface area contributed by atoms with Gasteiger partial charge < -0.3 is 15.1 Å². The highest BCUT2D eigenvalue weighted by atomic mass is 35.5. The lowest BCUT2D eigenvalue weighted by atomic mass is 9.77. The maximum absolute atomic E-state index is 13.0. The van der Waals surface area contributed by atoms with Gasteiger partial charge in [0.15, 0.2) is 0 Å². The zero-order valence-electron chi connectivity index (χ0n) is 14.9. The van der Waals surface area contributed by atoms with Crippen molar-refractivity contribution in [2.24, 2.45) is 5.41 Å². The number of likely N-dealkylation sites (tertiary alicyclic amines) is 2. The quantitative estimate of drug-likeness (QED) is 0.842. The first-order valence-corrected chi connectivity index (χ1v) is 9.44. The molecule has 3 heterocycles. The summed E-state index contributed by atoms with van der Waals surface area (Å²) in [5.41, 5.74) is 0.432. The molecule has 3 aliphatic heterocycles. The Morgan fingerprint density at radius 3 is 2.50 bits per heavy atom. The van der Waals surface area contributed by atoms with Crippen LogP contribution < -0.4 is 5.32 Å². The van der Waals surface area contributed by atoms with E-state index in [9.17, 15) is 9.59 Å². The smallest absolute Gasteiger partial charge is 0.245 e. The number of halogens is 1. The average Bonchev–Trinajstić information content (AvgIpc) is 3.03. The van der Waals surface area contributed by atoms with Crippen LogP contribution in [0.2, 0.25) is 0 Å². The molecule has 0 aromatic rings. The molecule has 1 N–H and O–H groups in total. The third-order valence-electron chi connectivity index (χ3n) is 6.04. The van der Waals surface area contributed by atoms with E-state index in [1.165, 1.54) is 6.42 Å². The van der Waals surface area contributed by atoms with Crippen molar-refractivity contribution in [2.75, 3.05) is 32.7 Å². The summed E-state index contributed by atoms with van der Waals surface area (Å²) in [6, 6.07) is -0.196. The number of hydrogen-bond acceptors (Lipinski definition) is 3. The molecule has 0 aliphatic carbocycles. The minimum Gasteiger partial charge on any atom is -0.341 e. The predicted molar refractivity (Wildman–Crippen MR) is 97.2 cm³/mol. The molecular weight excluding hydrogens is 326 g/mol. The summed E-state index contributed by atoms with van der Waals surface area (Å²) in [6.45, 7) is 6.75. The second-order valence-electron chi connectivity index (χ2n) is 7.60. The number of hydrogen-bond donors (Lipinski definition) is 1. The van der Waals surface area contributed by atoms with Crippen LogP contribution in [0.4, 0.5) is 0 Å². The lowest BCUT2D eigenvalue weighted by Gasteiger charge is -2.43. The van der Waals surface area contributed by atoms with Crippen molar-refractivity contribution in [3.05, 3.63) is 0 Å². The van der Waals surface area contributed by atoms with Gasteiger partial charge in [0.2, 0.25) is 11.8 Å². The van der Waals surface area contributed by atoms with Gasteiger partial charge in [0.05, 0.1) is 0 Å². The fraction of sp³-hybridized carbons (Fsp3) is 0.889. The Kier molecular flexibility index (Phi) is 6.93. The standard InChI is InChI=1S/C18H31N3O2.ClH/c1-2-5-16(22)21-11-4-3-6-15(21)17(23)20-12-8-18(9-13-20)7-10-19-14-18;/h15,19H,2-14H2,1H3;1H. The third kappa shape index (κ3) is 4.05. The van der Waals surface area contributed by atoms with Crippen LogP contribution in [0, 0.1) is 5.41 Å². The van der Waals surface area contributed by atoms with Crippen LogP contribution in [0.3, 0.4) is 0 Å². The number of nitrogens with zero attached hydrogens (tertiary/aromatic N) is 2. The van der Waals surface area contributed by atoms with Crippen molar-refractivity contribution in [3.63, 3.8) is 0 Å². The predicted octanol–water partition coefficient (Wildman–Crippen LogP) is 2.19. The van der Waals surface area contributed by atoms with Gasteiger partial charge in [-0.15, -0.1) is 12.4 Å². The molecule has 0 radical (unpaired) electrons. The van der Waals surface area contributed by atoms with Gasteiger partial charge in [-0.2, -0.15) is 0 Å². The fourth-order valence-corrected chi connectivity index (χ4v) is 4.48. The lowest BCUT2D eigenvalue weighted by Crippen LogP contribution is -2.55. The number of carbonyl (C=O) groups excluding carboxylic acids is 2. The molecule has 2 amide bonds. The first-order chi connectivity index (χ1) is 11.2. The maximum atomic E-state index is 13.0. The first kappa shape index (κ1) is 19.5. The van der Waals surface area contributed by atoms with Crippen LogP contribution >= 0.6 is 12.4 Å². The molecule has 1 spiro atoms. The van der Waals surface area contributed by atoms with Crippen molar-refractivity contribution in [2.45, 2.75) is 64.3 Å². The monoisotopic (exact) mass is 357 g/mol. The van der Waals surface area contributed by atoms with Gasteiger partial charge in [-0.3, -0.25) is 9.59 Å². The van der Waals surface area contributed by atoms with Crippen molar-refractivity contribution >= 4 is 24.2 Å². The molecule has 6 heteroatoms. The number of amides is 2. The molecule has 1 atom stereocenters. The van der Waals surface area contributed by atoms with E-state index in [0.29, 0.717) is 11.8 Å². The Hall–Kier alpha value is -0.810. The Morgan fingerprint density at radius 2 is 1.88 bits per heavy atom. The van der Waals surface area contributed by atoms with E-state index in [4.69, 9.17) is 0 Å². The molecule has 3 fully saturated rings. The first-order valence-electron chi connectivity index (χ1n) is 9.44. The Labute approximate surface area is 151 Å². The Morgan fingerprint density at radius 1 is 1.12 bits per heavy atom. The normalized spacial score (nSPS) is 26.3. The summed E-state index contributed by atoms with van der Waals surface area (Å²) >= 11 is 0. The van der Waals surface area contributed by atoms with Crippen LogP contribution in [0.25, 0.3) is 0 Å². The van der Waals surface area contributed by atoms with Crippen LogP contribution in [0.15, 0.2) is 0 Å². The number of piperidine rings is 2. The largest absolute Gasteiger partial charge is 0.341 e. The molecule has 5 nitrogen and oxygen atoms in total. The van der Waals surface area contributed by atoms with E-state index < -0.39 is 0 Å². The number of carbonyl (C=O) groups is 2. The van der Waals surface area contributed by atoms with Crippen molar-refractivity contribution in [1.82, 2.24) is 15.1 Å². The van der Waals surface area contributed by atoms with Gasteiger partial charge >= 0.3 is 0 Å². The van der Waals surface area contributed by atoms with Gasteiger partial charge in [-0.05, 0) is 56.9 Å². The summed E-state index contributed by atoms with van der Waals surface area (Å²) in [5, 5.41) is 3.47. The van der Waals surface area contributed by atoms with Crippen LogP contribution in [-0.2, 0) is 9.59 Å². The van der Waals surface area contributed by atoms with Gasteiger partial charge in [-0.1, -0.05) is 6.92 Å². The Balaban J connectivity index is 0.00000208. The summed E-state index contributed by atoms with van der Waals surface area (Å²) in [5.74, 6) is 0.369. The van der Waals surface area contributed by atoms with E-state index in [1.807, 2.05) is 16.7 Å². The minimum absolute atomic E-state index is 0. The number of rotatable bonds is 3. The van der Waals surface area contributed by atoms with Gasteiger partial charge in [0.25, 0.3) is 0 Å². The molecule has 0 aromatic carbocycles. The van der Waals surface area contributed by atoms with E-state index in [0.717, 1.165) is 71.2 Å². The molecule has 138 valence electrons. The summed E-state index contributed by atoms with van der Waals surface area (Å²) in [7, 11) is 0. The summed E-state index contributed by atoms with van der Waals surface area (Å²) in [4.78, 5) is 29.2. The molecule has 3 aliphatic rings. The Bertz CT molecular complexity index is 442. The molecule has 0 aromatic heterocycles. The molecule has 0 bridgehead atoms. The van der Waals surface area contributed by atoms with E-state index in [-0.39, 0.29) is 30.3 Å². The minimum atomic E-state index is -0.196. The molecule has 24 heavy (non-hydrogen) atoms. The average molecular weight is 358 g/mol. The fourth-order valence-electron chi connectivity index (χ4n) is 4.48. The molecule has 3 rings (SSSR count). The molecule has 0 saturated carbocycles. The van der Waals surface area contributed by atoms with E-state index >= 15 is 0 Å². The highest BCUT2D eigenvalue weighted by Crippen LogP contribution is 2.37. The van der Waals surface area contributed by atoms with Crippen LogP contribution in [0.1, 0.15) is 58.3 Å². The molecule has 3 saturated heterocycles. The zero-order chi connectivity index (χ0) is 16.3. The maximum Gasteiger partial charge on any atom is 0.245 e. The summed E-state index contributed by atoms with van der Waals surface area (Å²) in [6.07, 6.45) is 7.84. The second-order valence-corrected chi connectivity index (χ2v) is 7.60. The van der Waals surface area contributed by atoms with Crippen molar-refractivity contribution in [3.8, 4) is 0 Å². The van der Waals surface area contributed by atoms with E-state index in [1.54, 1.807) is 0 Å². The highest BCUT2D eigenvalue weighted by Gasteiger charge is 2.41. The van der Waals surface area contributed by atoms with Gasteiger partial charge in [0, 0.05) is 32.6 Å². The van der Waals surface area contributed by atoms with Gasteiger partial charge in [0.1, 0.15) is 6.04 Å².